The van der Waals surface area contributed by atoms with E-state index in [0.29, 0.717) is 19.1 Å². The molecule has 2 aromatic carbocycles. The molecule has 0 saturated heterocycles. The van der Waals surface area contributed by atoms with Crippen molar-refractivity contribution < 1.29 is 9.53 Å². The molecule has 23 heavy (non-hydrogen) atoms. The fraction of sp³-hybridized carbons (Fsp3) is 0.381. The molecule has 2 nitrogen and oxygen atoms in total. The van der Waals surface area contributed by atoms with Crippen LogP contribution in [0.25, 0.3) is 0 Å². The Morgan fingerprint density at radius 1 is 0.957 bits per heavy atom. The summed E-state index contributed by atoms with van der Waals surface area (Å²) in [6.07, 6.45) is 4.83. The molecular formula is C21H25O2. The molecule has 0 aliphatic rings. The summed E-state index contributed by atoms with van der Waals surface area (Å²) in [6.45, 7) is 3.45. The zero-order valence-corrected chi connectivity index (χ0v) is 13.8. The first kappa shape index (κ1) is 17.4. The van der Waals surface area contributed by atoms with Gasteiger partial charge in [0.1, 0.15) is 0 Å². The van der Waals surface area contributed by atoms with E-state index in [1.54, 1.807) is 0 Å². The molecule has 0 aliphatic carbocycles. The lowest BCUT2D eigenvalue weighted by Gasteiger charge is -2.16. The summed E-state index contributed by atoms with van der Waals surface area (Å²) in [6, 6.07) is 20.5. The predicted molar refractivity (Wildman–Crippen MR) is 93.8 cm³/mol. The predicted octanol–water partition coefficient (Wildman–Crippen LogP) is 4.59. The fourth-order valence-corrected chi connectivity index (χ4v) is 2.72. The first-order chi connectivity index (χ1) is 11.3. The highest BCUT2D eigenvalue weighted by molar-refractivity contribution is 5.54. The standard InChI is InChI=1S/C21H25O2/c1-18(16-23-17-20-10-6-3-7-11-20)14-21(15-22)13-12-19-8-4-2-5-9-19/h2-11,18,21H,12-14,16-17H2,1H3/t18?,21-/m1/s1. The highest BCUT2D eigenvalue weighted by Gasteiger charge is 2.14. The number of benzene rings is 2. The Balaban J connectivity index is 1.67. The van der Waals surface area contributed by atoms with Gasteiger partial charge in [-0.25, -0.2) is 0 Å². The van der Waals surface area contributed by atoms with Crippen LogP contribution in [-0.2, 0) is 22.6 Å². The topological polar surface area (TPSA) is 26.3 Å². The molecule has 2 atom stereocenters. The molecule has 1 unspecified atom stereocenters. The SMILES string of the molecule is CC(COCc1ccccc1)C[C@H]([C]=O)CCc1ccccc1. The summed E-state index contributed by atoms with van der Waals surface area (Å²) in [5.74, 6) is 0.353. The Hall–Kier alpha value is -1.93. The quantitative estimate of drug-likeness (QED) is 0.642. The normalized spacial score (nSPS) is 13.4. The molecule has 0 aliphatic heterocycles. The zero-order chi connectivity index (χ0) is 16.3. The van der Waals surface area contributed by atoms with E-state index in [1.807, 2.05) is 36.4 Å². The average Bonchev–Trinajstić information content (AvgIpc) is 2.60. The van der Waals surface area contributed by atoms with Crippen LogP contribution in [0.3, 0.4) is 0 Å². The van der Waals surface area contributed by atoms with Gasteiger partial charge in [0, 0.05) is 12.5 Å². The van der Waals surface area contributed by atoms with E-state index >= 15 is 0 Å². The molecular weight excluding hydrogens is 284 g/mol. The van der Waals surface area contributed by atoms with Crippen molar-refractivity contribution in [3.8, 4) is 0 Å². The van der Waals surface area contributed by atoms with Crippen LogP contribution in [0.5, 0.6) is 0 Å². The van der Waals surface area contributed by atoms with E-state index in [4.69, 9.17) is 4.74 Å². The Morgan fingerprint density at radius 2 is 1.57 bits per heavy atom. The summed E-state index contributed by atoms with van der Waals surface area (Å²) in [7, 11) is 0. The summed E-state index contributed by atoms with van der Waals surface area (Å²) in [4.78, 5) is 11.2. The maximum Gasteiger partial charge on any atom is 0.201 e. The van der Waals surface area contributed by atoms with E-state index in [9.17, 15) is 4.79 Å². The first-order valence-corrected chi connectivity index (χ1v) is 8.31. The van der Waals surface area contributed by atoms with Crippen molar-refractivity contribution in [2.75, 3.05) is 6.61 Å². The molecule has 0 heterocycles. The van der Waals surface area contributed by atoms with Crippen molar-refractivity contribution in [1.82, 2.24) is 0 Å². The molecule has 0 fully saturated rings. The molecule has 2 rings (SSSR count). The van der Waals surface area contributed by atoms with Gasteiger partial charge in [-0.1, -0.05) is 67.6 Å². The second kappa shape index (κ2) is 9.96. The van der Waals surface area contributed by atoms with Crippen molar-refractivity contribution in [3.05, 3.63) is 71.8 Å². The number of aryl methyl sites for hydroxylation is 1. The summed E-state index contributed by atoms with van der Waals surface area (Å²) < 4.78 is 5.76. The van der Waals surface area contributed by atoms with Crippen LogP contribution in [0.15, 0.2) is 60.7 Å². The van der Waals surface area contributed by atoms with Gasteiger partial charge in [-0.15, -0.1) is 0 Å². The largest absolute Gasteiger partial charge is 0.376 e. The third kappa shape index (κ3) is 6.79. The highest BCUT2D eigenvalue weighted by atomic mass is 16.5. The third-order valence-electron chi connectivity index (χ3n) is 3.99. The van der Waals surface area contributed by atoms with Crippen LogP contribution < -0.4 is 0 Å². The van der Waals surface area contributed by atoms with Crippen molar-refractivity contribution in [2.24, 2.45) is 11.8 Å². The molecule has 0 amide bonds. The maximum atomic E-state index is 11.2. The minimum absolute atomic E-state index is 0.00877. The lowest BCUT2D eigenvalue weighted by Crippen LogP contribution is -2.13. The minimum atomic E-state index is -0.00877. The molecule has 0 bridgehead atoms. The van der Waals surface area contributed by atoms with Crippen LogP contribution in [-0.4, -0.2) is 12.9 Å². The van der Waals surface area contributed by atoms with Crippen molar-refractivity contribution >= 4 is 6.29 Å². The fourth-order valence-electron chi connectivity index (χ4n) is 2.72. The Kier molecular flexibility index (Phi) is 7.55. The van der Waals surface area contributed by atoms with Crippen LogP contribution >= 0.6 is 0 Å². The lowest BCUT2D eigenvalue weighted by molar-refractivity contribution is 0.0863. The van der Waals surface area contributed by atoms with E-state index in [-0.39, 0.29) is 5.92 Å². The average molecular weight is 309 g/mol. The van der Waals surface area contributed by atoms with Gasteiger partial charge < -0.3 is 4.74 Å². The van der Waals surface area contributed by atoms with E-state index in [1.165, 1.54) is 11.1 Å². The van der Waals surface area contributed by atoms with Gasteiger partial charge in [0.05, 0.1) is 6.61 Å². The monoisotopic (exact) mass is 309 g/mol. The lowest BCUT2D eigenvalue weighted by atomic mass is 9.92. The smallest absolute Gasteiger partial charge is 0.201 e. The highest BCUT2D eigenvalue weighted by Crippen LogP contribution is 2.17. The Morgan fingerprint density at radius 3 is 2.17 bits per heavy atom. The molecule has 121 valence electrons. The van der Waals surface area contributed by atoms with Crippen LogP contribution in [0.4, 0.5) is 0 Å². The molecule has 1 radical (unpaired) electrons. The van der Waals surface area contributed by atoms with E-state index in [2.05, 4.69) is 37.5 Å². The number of hydrogen-bond donors (Lipinski definition) is 0. The van der Waals surface area contributed by atoms with Gasteiger partial charge in [0.15, 0.2) is 0 Å². The molecule has 0 saturated carbocycles. The number of hydrogen-bond acceptors (Lipinski definition) is 2. The first-order valence-electron chi connectivity index (χ1n) is 8.31. The third-order valence-corrected chi connectivity index (χ3v) is 3.99. The summed E-state index contributed by atoms with van der Waals surface area (Å²) in [5.41, 5.74) is 2.46. The summed E-state index contributed by atoms with van der Waals surface area (Å²) >= 11 is 0. The maximum absolute atomic E-state index is 11.2. The van der Waals surface area contributed by atoms with Gasteiger partial charge in [0.2, 0.25) is 6.29 Å². The second-order valence-electron chi connectivity index (χ2n) is 6.18. The molecule has 0 N–H and O–H groups in total. The van der Waals surface area contributed by atoms with Crippen LogP contribution in [0.2, 0.25) is 0 Å². The van der Waals surface area contributed by atoms with Crippen molar-refractivity contribution in [2.45, 2.75) is 32.8 Å². The molecule has 2 heteroatoms. The van der Waals surface area contributed by atoms with Crippen LogP contribution in [0, 0.1) is 11.8 Å². The van der Waals surface area contributed by atoms with Crippen LogP contribution in [0.1, 0.15) is 30.9 Å². The zero-order valence-electron chi connectivity index (χ0n) is 13.8. The number of rotatable bonds is 10. The Labute approximate surface area is 139 Å². The van der Waals surface area contributed by atoms with Gasteiger partial charge in [-0.2, -0.15) is 0 Å². The van der Waals surface area contributed by atoms with Crippen molar-refractivity contribution in [1.29, 1.82) is 0 Å². The van der Waals surface area contributed by atoms with Gasteiger partial charge >= 0.3 is 0 Å². The van der Waals surface area contributed by atoms with Gasteiger partial charge in [0.25, 0.3) is 0 Å². The molecule has 0 aromatic heterocycles. The minimum Gasteiger partial charge on any atom is -0.376 e. The second-order valence-corrected chi connectivity index (χ2v) is 6.18. The summed E-state index contributed by atoms with van der Waals surface area (Å²) in [5, 5.41) is 0. The number of ether oxygens (including phenoxy) is 1. The number of carbonyl (C=O) groups excluding carboxylic acids is 1. The van der Waals surface area contributed by atoms with Gasteiger partial charge in [-0.3, -0.25) is 4.79 Å². The van der Waals surface area contributed by atoms with Gasteiger partial charge in [-0.05, 0) is 36.3 Å². The van der Waals surface area contributed by atoms with Crippen molar-refractivity contribution in [3.63, 3.8) is 0 Å². The molecule has 0 spiro atoms. The van der Waals surface area contributed by atoms with E-state index < -0.39 is 0 Å². The molecule has 2 aromatic rings. The Bertz CT molecular complexity index is 551. The van der Waals surface area contributed by atoms with E-state index in [0.717, 1.165) is 19.3 Å².